The number of hydrogen-bond acceptors (Lipinski definition) is 5. The Bertz CT molecular complexity index is 650. The van der Waals surface area contributed by atoms with Crippen LogP contribution in [-0.4, -0.2) is 9.97 Å². The Balaban J connectivity index is 2.18. The van der Waals surface area contributed by atoms with Crippen LogP contribution < -0.4 is 11.3 Å². The molecular weight excluding hydrogens is 348 g/mol. The summed E-state index contributed by atoms with van der Waals surface area (Å²) in [6.45, 7) is 0. The molecule has 1 aliphatic rings. The molecule has 98 valence electrons. The fourth-order valence-corrected chi connectivity index (χ4v) is 3.60. The van der Waals surface area contributed by atoms with Gasteiger partial charge in [-0.15, -0.1) is 0 Å². The number of hydrogen-bond donors (Lipinski definition) is 2. The summed E-state index contributed by atoms with van der Waals surface area (Å²) >= 11 is 11.3. The van der Waals surface area contributed by atoms with Gasteiger partial charge in [-0.3, -0.25) is 0 Å². The average Bonchev–Trinajstić information content (AvgIpc) is 2.88. The van der Waals surface area contributed by atoms with Crippen LogP contribution in [0.1, 0.15) is 11.3 Å². The molecule has 1 aromatic heterocycles. The number of thioether (sulfide) groups is 1. The normalized spacial score (nSPS) is 13.4. The third-order valence-corrected chi connectivity index (χ3v) is 4.78. The Labute approximate surface area is 128 Å². The zero-order chi connectivity index (χ0) is 13.4. The number of aromatic nitrogens is 2. The topological polar surface area (TPSA) is 63.8 Å². The van der Waals surface area contributed by atoms with Gasteiger partial charge >= 0.3 is 0 Å². The first-order valence-electron chi connectivity index (χ1n) is 5.58. The van der Waals surface area contributed by atoms with Crippen molar-refractivity contribution in [3.63, 3.8) is 0 Å². The second-order valence-electron chi connectivity index (χ2n) is 4.08. The van der Waals surface area contributed by atoms with Gasteiger partial charge in [0.1, 0.15) is 5.82 Å². The van der Waals surface area contributed by atoms with E-state index in [1.807, 2.05) is 30.0 Å². The summed E-state index contributed by atoms with van der Waals surface area (Å²) in [4.78, 5) is 9.10. The van der Waals surface area contributed by atoms with Crippen LogP contribution in [0.15, 0.2) is 22.7 Å². The molecule has 3 rings (SSSR count). The van der Waals surface area contributed by atoms with Gasteiger partial charge < -0.3 is 5.43 Å². The third kappa shape index (κ3) is 2.45. The standard InChI is InChI=1S/C12H10BrClN4S/c13-9-2-1-6(14)3-7(9)11-16-10-5-19-4-8(10)12(17-11)18-15/h1-3H,4-5,15H2,(H,16,17,18). The lowest BCUT2D eigenvalue weighted by Gasteiger charge is -2.10. The lowest BCUT2D eigenvalue weighted by molar-refractivity contribution is 1.06. The minimum atomic E-state index is 0.628. The van der Waals surface area contributed by atoms with E-state index < -0.39 is 0 Å². The van der Waals surface area contributed by atoms with Crippen molar-refractivity contribution >= 4 is 45.1 Å². The summed E-state index contributed by atoms with van der Waals surface area (Å²) in [5.74, 6) is 8.65. The zero-order valence-electron chi connectivity index (χ0n) is 9.78. The van der Waals surface area contributed by atoms with Crippen LogP contribution >= 0.6 is 39.3 Å². The number of halogens is 2. The van der Waals surface area contributed by atoms with Crippen LogP contribution in [0.4, 0.5) is 5.82 Å². The quantitative estimate of drug-likeness (QED) is 0.635. The van der Waals surface area contributed by atoms with Crippen LogP contribution in [0.2, 0.25) is 5.02 Å². The van der Waals surface area contributed by atoms with Crippen LogP contribution in [0.5, 0.6) is 0 Å². The molecule has 7 heteroatoms. The van der Waals surface area contributed by atoms with Gasteiger partial charge in [0.05, 0.1) is 5.69 Å². The summed E-state index contributed by atoms with van der Waals surface area (Å²) in [5.41, 5.74) is 5.65. The Morgan fingerprint density at radius 3 is 2.95 bits per heavy atom. The van der Waals surface area contributed by atoms with Gasteiger partial charge in [0.2, 0.25) is 0 Å². The van der Waals surface area contributed by atoms with E-state index in [4.69, 9.17) is 17.4 Å². The molecule has 0 amide bonds. The van der Waals surface area contributed by atoms with Crippen molar-refractivity contribution < 1.29 is 0 Å². The number of nitrogens with one attached hydrogen (secondary N) is 1. The fourth-order valence-electron chi connectivity index (χ4n) is 1.96. The van der Waals surface area contributed by atoms with Crippen LogP contribution in [-0.2, 0) is 11.5 Å². The largest absolute Gasteiger partial charge is 0.308 e. The van der Waals surface area contributed by atoms with Gasteiger partial charge in [-0.25, -0.2) is 15.8 Å². The molecular formula is C12H10BrClN4S. The minimum Gasteiger partial charge on any atom is -0.308 e. The number of benzene rings is 1. The predicted molar refractivity (Wildman–Crippen MR) is 83.0 cm³/mol. The van der Waals surface area contributed by atoms with Crippen molar-refractivity contribution in [2.75, 3.05) is 5.43 Å². The molecule has 0 aliphatic carbocycles. The van der Waals surface area contributed by atoms with Gasteiger partial charge in [-0.1, -0.05) is 27.5 Å². The number of nitrogens with zero attached hydrogens (tertiary/aromatic N) is 2. The van der Waals surface area contributed by atoms with E-state index in [1.54, 1.807) is 0 Å². The highest BCUT2D eigenvalue weighted by Crippen LogP contribution is 2.36. The number of nitrogen functional groups attached to an aromatic ring is 1. The molecule has 0 atom stereocenters. The van der Waals surface area contributed by atoms with Crippen LogP contribution in [0.25, 0.3) is 11.4 Å². The highest BCUT2D eigenvalue weighted by Gasteiger charge is 2.20. The van der Waals surface area contributed by atoms with Gasteiger partial charge in [0.25, 0.3) is 0 Å². The lowest BCUT2D eigenvalue weighted by atomic mass is 10.2. The zero-order valence-corrected chi connectivity index (χ0v) is 12.9. The molecule has 0 saturated heterocycles. The molecule has 0 unspecified atom stereocenters. The van der Waals surface area contributed by atoms with Crippen molar-refractivity contribution in [3.8, 4) is 11.4 Å². The Kier molecular flexibility index (Phi) is 3.66. The number of nitrogens with two attached hydrogens (primary N) is 1. The summed E-state index contributed by atoms with van der Waals surface area (Å²) < 4.78 is 0.908. The Morgan fingerprint density at radius 1 is 1.32 bits per heavy atom. The van der Waals surface area contributed by atoms with Crippen molar-refractivity contribution in [3.05, 3.63) is 39.0 Å². The van der Waals surface area contributed by atoms with Gasteiger partial charge in [-0.05, 0) is 18.2 Å². The minimum absolute atomic E-state index is 0.628. The van der Waals surface area contributed by atoms with E-state index in [0.29, 0.717) is 16.7 Å². The lowest BCUT2D eigenvalue weighted by Crippen LogP contribution is -2.12. The molecule has 0 radical (unpaired) electrons. The molecule has 2 heterocycles. The van der Waals surface area contributed by atoms with Crippen LogP contribution in [0.3, 0.4) is 0 Å². The summed E-state index contributed by atoms with van der Waals surface area (Å²) in [5, 5.41) is 0.652. The molecule has 0 saturated carbocycles. The van der Waals surface area contributed by atoms with E-state index in [0.717, 1.165) is 32.8 Å². The molecule has 3 N–H and O–H groups in total. The van der Waals surface area contributed by atoms with E-state index in [-0.39, 0.29) is 0 Å². The highest BCUT2D eigenvalue weighted by molar-refractivity contribution is 9.10. The maximum Gasteiger partial charge on any atom is 0.163 e. The molecule has 0 bridgehead atoms. The van der Waals surface area contributed by atoms with Crippen molar-refractivity contribution in [2.45, 2.75) is 11.5 Å². The molecule has 1 aliphatic heterocycles. The molecule has 4 nitrogen and oxygen atoms in total. The van der Waals surface area contributed by atoms with Crippen molar-refractivity contribution in [2.24, 2.45) is 5.84 Å². The van der Waals surface area contributed by atoms with Gasteiger partial charge in [0, 0.05) is 32.1 Å². The first-order chi connectivity index (χ1) is 9.19. The van der Waals surface area contributed by atoms with E-state index in [2.05, 4.69) is 31.3 Å². The maximum atomic E-state index is 6.04. The predicted octanol–water partition coefficient (Wildman–Crippen LogP) is 3.59. The van der Waals surface area contributed by atoms with Gasteiger partial charge in [0.15, 0.2) is 5.82 Å². The number of hydrazine groups is 1. The number of fused-ring (bicyclic) bond motifs is 1. The van der Waals surface area contributed by atoms with E-state index >= 15 is 0 Å². The van der Waals surface area contributed by atoms with Crippen molar-refractivity contribution in [1.82, 2.24) is 9.97 Å². The second kappa shape index (κ2) is 5.28. The Hall–Kier alpha value is -0.820. The molecule has 0 fully saturated rings. The monoisotopic (exact) mass is 356 g/mol. The molecule has 0 spiro atoms. The van der Waals surface area contributed by atoms with Crippen molar-refractivity contribution in [1.29, 1.82) is 0 Å². The van der Waals surface area contributed by atoms with Gasteiger partial charge in [-0.2, -0.15) is 11.8 Å². The first kappa shape index (κ1) is 13.2. The average molecular weight is 358 g/mol. The fraction of sp³-hybridized carbons (Fsp3) is 0.167. The smallest absolute Gasteiger partial charge is 0.163 e. The molecule has 2 aromatic rings. The number of anilines is 1. The SMILES string of the molecule is NNc1nc(-c2cc(Cl)ccc2Br)nc2c1CSC2. The van der Waals surface area contributed by atoms with E-state index in [1.165, 1.54) is 0 Å². The molecule has 19 heavy (non-hydrogen) atoms. The summed E-state index contributed by atoms with van der Waals surface area (Å²) in [7, 11) is 0. The Morgan fingerprint density at radius 2 is 2.16 bits per heavy atom. The van der Waals surface area contributed by atoms with Crippen LogP contribution in [0, 0.1) is 0 Å². The maximum absolute atomic E-state index is 6.04. The summed E-state index contributed by atoms with van der Waals surface area (Å²) in [6, 6.07) is 5.55. The summed E-state index contributed by atoms with van der Waals surface area (Å²) in [6.07, 6.45) is 0. The van der Waals surface area contributed by atoms with E-state index in [9.17, 15) is 0 Å². The second-order valence-corrected chi connectivity index (χ2v) is 6.36. The number of rotatable bonds is 2. The first-order valence-corrected chi connectivity index (χ1v) is 7.91. The third-order valence-electron chi connectivity index (χ3n) is 2.88. The molecule has 1 aromatic carbocycles. The highest BCUT2D eigenvalue weighted by atomic mass is 79.9.